The summed E-state index contributed by atoms with van der Waals surface area (Å²) in [5.74, 6) is 0. The van der Waals surface area contributed by atoms with Gasteiger partial charge in [0.25, 0.3) is 0 Å². The molecular weight excluding hydrogens is 256 g/mol. The predicted molar refractivity (Wildman–Crippen MR) is 79.6 cm³/mol. The molecule has 104 valence electrons. The van der Waals surface area contributed by atoms with Crippen molar-refractivity contribution in [2.75, 3.05) is 6.54 Å². The summed E-state index contributed by atoms with van der Waals surface area (Å²) < 4.78 is 2.01. The van der Waals surface area contributed by atoms with E-state index in [0.717, 1.165) is 25.2 Å². The van der Waals surface area contributed by atoms with Crippen molar-refractivity contribution in [3.05, 3.63) is 33.3 Å². The van der Waals surface area contributed by atoms with Crippen LogP contribution in [0.3, 0.4) is 0 Å². The molecule has 1 atom stereocenters. The van der Waals surface area contributed by atoms with Crippen LogP contribution in [0.25, 0.3) is 0 Å². The molecule has 0 amide bonds. The Balaban J connectivity index is 2.36. The normalized spacial score (nSPS) is 12.8. The van der Waals surface area contributed by atoms with Gasteiger partial charge in [0.2, 0.25) is 0 Å². The summed E-state index contributed by atoms with van der Waals surface area (Å²) in [5, 5.41) is 11.8. The highest BCUT2D eigenvalue weighted by Gasteiger charge is 2.20. The Bertz CT molecular complexity index is 510. The zero-order valence-corrected chi connectivity index (χ0v) is 12.9. The first-order valence-corrected chi connectivity index (χ1v) is 7.67. The maximum Gasteiger partial charge on any atom is 0.0858 e. The van der Waals surface area contributed by atoms with Crippen LogP contribution in [0, 0.1) is 13.8 Å². The first-order chi connectivity index (χ1) is 9.17. The van der Waals surface area contributed by atoms with E-state index < -0.39 is 0 Å². The maximum absolute atomic E-state index is 4.20. The molecule has 2 heterocycles. The van der Waals surface area contributed by atoms with Crippen LogP contribution in [0.2, 0.25) is 0 Å². The number of hydrogen-bond donors (Lipinski definition) is 1. The third-order valence-corrected chi connectivity index (χ3v) is 4.47. The summed E-state index contributed by atoms with van der Waals surface area (Å²) in [6.45, 7) is 10.5. The fourth-order valence-electron chi connectivity index (χ4n) is 2.17. The molecule has 5 heteroatoms. The van der Waals surface area contributed by atoms with Gasteiger partial charge in [0, 0.05) is 16.3 Å². The van der Waals surface area contributed by atoms with Crippen molar-refractivity contribution >= 4 is 11.3 Å². The van der Waals surface area contributed by atoms with E-state index >= 15 is 0 Å². The lowest BCUT2D eigenvalue weighted by Gasteiger charge is -2.17. The van der Waals surface area contributed by atoms with Gasteiger partial charge in [-0.3, -0.25) is 0 Å². The quantitative estimate of drug-likeness (QED) is 0.883. The Morgan fingerprint density at radius 1 is 1.37 bits per heavy atom. The van der Waals surface area contributed by atoms with E-state index in [4.69, 9.17) is 0 Å². The molecule has 0 aliphatic rings. The zero-order valence-electron chi connectivity index (χ0n) is 12.1. The highest BCUT2D eigenvalue weighted by Crippen LogP contribution is 2.30. The van der Waals surface area contributed by atoms with Crippen LogP contribution in [0.5, 0.6) is 0 Å². The van der Waals surface area contributed by atoms with Crippen molar-refractivity contribution in [2.24, 2.45) is 0 Å². The lowest BCUT2D eigenvalue weighted by molar-refractivity contribution is 0.514. The average Bonchev–Trinajstić information content (AvgIpc) is 2.95. The molecule has 0 saturated carbocycles. The Labute approximate surface area is 118 Å². The van der Waals surface area contributed by atoms with Gasteiger partial charge in [-0.15, -0.1) is 16.4 Å². The maximum atomic E-state index is 4.20. The summed E-state index contributed by atoms with van der Waals surface area (Å²) in [4.78, 5) is 2.73. The highest BCUT2D eigenvalue weighted by atomic mass is 32.1. The van der Waals surface area contributed by atoms with Crippen LogP contribution in [0.1, 0.15) is 47.3 Å². The van der Waals surface area contributed by atoms with Crippen LogP contribution < -0.4 is 5.32 Å². The van der Waals surface area contributed by atoms with Gasteiger partial charge in [-0.1, -0.05) is 19.1 Å². The molecule has 2 rings (SSSR count). The molecule has 0 radical (unpaired) electrons. The monoisotopic (exact) mass is 278 g/mol. The van der Waals surface area contributed by atoms with Gasteiger partial charge in [-0.05, 0) is 38.4 Å². The number of aromatic nitrogens is 3. The molecule has 4 nitrogen and oxygen atoms in total. The van der Waals surface area contributed by atoms with Gasteiger partial charge in [0.15, 0.2) is 0 Å². The summed E-state index contributed by atoms with van der Waals surface area (Å²) in [5.41, 5.74) is 2.52. The van der Waals surface area contributed by atoms with Crippen molar-refractivity contribution in [1.82, 2.24) is 20.3 Å². The number of hydrogen-bond acceptors (Lipinski definition) is 4. The average molecular weight is 278 g/mol. The molecule has 0 spiro atoms. The summed E-state index contributed by atoms with van der Waals surface area (Å²) in [7, 11) is 0. The van der Waals surface area contributed by atoms with Crippen molar-refractivity contribution in [2.45, 2.75) is 46.7 Å². The number of nitrogens with one attached hydrogen (secondary N) is 1. The first-order valence-electron chi connectivity index (χ1n) is 6.86. The molecule has 0 aliphatic heterocycles. The second-order valence-electron chi connectivity index (χ2n) is 4.76. The number of rotatable bonds is 6. The third-order valence-electron chi connectivity index (χ3n) is 3.26. The molecule has 0 fully saturated rings. The molecule has 0 saturated heterocycles. The minimum absolute atomic E-state index is 0.198. The SMILES string of the molecule is CCCn1nncc1C(NCC)c1cc(C)c(C)s1. The lowest BCUT2D eigenvalue weighted by atomic mass is 10.1. The van der Waals surface area contributed by atoms with Gasteiger partial charge >= 0.3 is 0 Å². The molecule has 2 aromatic rings. The third kappa shape index (κ3) is 3.04. The first kappa shape index (κ1) is 14.2. The minimum atomic E-state index is 0.198. The van der Waals surface area contributed by atoms with Gasteiger partial charge < -0.3 is 5.32 Å². The standard InChI is InChI=1S/C14H22N4S/c1-5-7-18-12(9-16-17-18)14(15-6-2)13-8-10(3)11(4)19-13/h8-9,14-15H,5-7H2,1-4H3. The van der Waals surface area contributed by atoms with E-state index in [1.807, 2.05) is 22.2 Å². The molecule has 1 N–H and O–H groups in total. The van der Waals surface area contributed by atoms with Gasteiger partial charge in [0.05, 0.1) is 17.9 Å². The van der Waals surface area contributed by atoms with E-state index in [-0.39, 0.29) is 6.04 Å². The minimum Gasteiger partial charge on any atom is -0.305 e. The van der Waals surface area contributed by atoms with E-state index in [9.17, 15) is 0 Å². The van der Waals surface area contributed by atoms with E-state index in [0.29, 0.717) is 0 Å². The second-order valence-corrected chi connectivity index (χ2v) is 6.05. The van der Waals surface area contributed by atoms with E-state index in [2.05, 4.69) is 49.4 Å². The van der Waals surface area contributed by atoms with Crippen LogP contribution in [-0.2, 0) is 6.54 Å². The van der Waals surface area contributed by atoms with E-state index in [1.165, 1.54) is 15.3 Å². The van der Waals surface area contributed by atoms with Gasteiger partial charge in [0.1, 0.15) is 0 Å². The summed E-state index contributed by atoms with van der Waals surface area (Å²) in [6, 6.07) is 2.47. The molecule has 0 aliphatic carbocycles. The van der Waals surface area contributed by atoms with Crippen LogP contribution in [-0.4, -0.2) is 21.5 Å². The molecule has 19 heavy (non-hydrogen) atoms. The highest BCUT2D eigenvalue weighted by molar-refractivity contribution is 7.12. The molecule has 0 bridgehead atoms. The molecule has 1 unspecified atom stereocenters. The van der Waals surface area contributed by atoms with E-state index in [1.54, 1.807) is 0 Å². The predicted octanol–water partition coefficient (Wildman–Crippen LogP) is 3.07. The van der Waals surface area contributed by atoms with Crippen LogP contribution in [0.15, 0.2) is 12.3 Å². The van der Waals surface area contributed by atoms with Gasteiger partial charge in [-0.2, -0.15) is 0 Å². The van der Waals surface area contributed by atoms with Crippen LogP contribution >= 0.6 is 11.3 Å². The smallest absolute Gasteiger partial charge is 0.0858 e. The second kappa shape index (κ2) is 6.30. The topological polar surface area (TPSA) is 42.7 Å². The number of aryl methyl sites for hydroxylation is 3. The Hall–Kier alpha value is -1.20. The number of nitrogens with zero attached hydrogens (tertiary/aromatic N) is 3. The zero-order chi connectivity index (χ0) is 13.8. The van der Waals surface area contributed by atoms with Crippen molar-refractivity contribution < 1.29 is 0 Å². The van der Waals surface area contributed by atoms with Crippen molar-refractivity contribution in [1.29, 1.82) is 0 Å². The Morgan fingerprint density at radius 3 is 2.74 bits per heavy atom. The Kier molecular flexibility index (Phi) is 4.71. The Morgan fingerprint density at radius 2 is 2.16 bits per heavy atom. The van der Waals surface area contributed by atoms with Crippen LogP contribution in [0.4, 0.5) is 0 Å². The van der Waals surface area contributed by atoms with Crippen molar-refractivity contribution in [3.8, 4) is 0 Å². The van der Waals surface area contributed by atoms with Crippen molar-refractivity contribution in [3.63, 3.8) is 0 Å². The molecule has 0 aromatic carbocycles. The van der Waals surface area contributed by atoms with Gasteiger partial charge in [-0.25, -0.2) is 4.68 Å². The molecular formula is C14H22N4S. The molecule has 2 aromatic heterocycles. The number of thiophene rings is 1. The fraction of sp³-hybridized carbons (Fsp3) is 0.571. The fourth-order valence-corrected chi connectivity index (χ4v) is 3.30. The lowest BCUT2D eigenvalue weighted by Crippen LogP contribution is -2.24. The largest absolute Gasteiger partial charge is 0.305 e. The summed E-state index contributed by atoms with van der Waals surface area (Å²) in [6.07, 6.45) is 2.95. The summed E-state index contributed by atoms with van der Waals surface area (Å²) >= 11 is 1.86.